The van der Waals surface area contributed by atoms with Gasteiger partial charge >= 0.3 is 0 Å². The van der Waals surface area contributed by atoms with Crippen LogP contribution >= 0.6 is 11.3 Å². The molecular formula is C17H14F2N2O3S2. The van der Waals surface area contributed by atoms with Crippen LogP contribution in [0, 0.1) is 11.6 Å². The van der Waals surface area contributed by atoms with E-state index in [-0.39, 0.29) is 17.7 Å². The molecule has 0 saturated carbocycles. The largest absolute Gasteiger partial charge is 0.288 e. The number of hydrogen-bond acceptors (Lipinski definition) is 5. The molecule has 1 aromatic heterocycles. The van der Waals surface area contributed by atoms with Crippen LogP contribution in [-0.4, -0.2) is 25.7 Å². The van der Waals surface area contributed by atoms with Gasteiger partial charge in [0.15, 0.2) is 17.4 Å². The Morgan fingerprint density at radius 2 is 2.00 bits per heavy atom. The minimum atomic E-state index is -2.69. The highest BCUT2D eigenvalue weighted by atomic mass is 32.2. The van der Waals surface area contributed by atoms with Gasteiger partial charge < -0.3 is 0 Å². The third kappa shape index (κ3) is 4.12. The smallest absolute Gasteiger partial charge is 0.201 e. The number of carbonyl (C=O) groups is 1. The van der Waals surface area contributed by atoms with Gasteiger partial charge in [-0.05, 0) is 48.7 Å². The second-order valence-electron chi connectivity index (χ2n) is 5.57. The van der Waals surface area contributed by atoms with Crippen molar-refractivity contribution in [1.82, 2.24) is 9.71 Å². The third-order valence-corrected chi connectivity index (χ3v) is 5.08. The summed E-state index contributed by atoms with van der Waals surface area (Å²) in [5, 5.41) is 0. The Labute approximate surface area is 153 Å². The minimum Gasteiger partial charge on any atom is -0.288 e. The molecule has 0 atom stereocenters. The number of fused-ring (bicyclic) bond motifs is 1. The lowest BCUT2D eigenvalue weighted by molar-refractivity contribution is 0.103. The van der Waals surface area contributed by atoms with E-state index in [0.717, 1.165) is 16.3 Å². The number of benzene rings is 2. The second kappa shape index (κ2) is 7.98. The summed E-state index contributed by atoms with van der Waals surface area (Å²) in [5.41, 5.74) is 2.71. The van der Waals surface area contributed by atoms with Gasteiger partial charge in [0.25, 0.3) is 0 Å². The van der Waals surface area contributed by atoms with E-state index in [2.05, 4.69) is 9.71 Å². The zero-order valence-corrected chi connectivity index (χ0v) is 15.1. The SMILES string of the molecule is O=C(c1ccc2ncsc2c1)c1cc(CCCN[SH](=O)=O)cc(F)c1F. The molecule has 3 rings (SSSR count). The average molecular weight is 396 g/mol. The monoisotopic (exact) mass is 396 g/mol. The first kappa shape index (κ1) is 18.6. The minimum absolute atomic E-state index is 0.184. The van der Waals surface area contributed by atoms with E-state index in [1.165, 1.54) is 23.5 Å². The normalized spacial score (nSPS) is 11.3. The molecule has 0 fully saturated rings. The van der Waals surface area contributed by atoms with Crippen LogP contribution in [0.2, 0.25) is 0 Å². The first-order valence-electron chi connectivity index (χ1n) is 7.69. The molecule has 136 valence electrons. The molecule has 1 heterocycles. The van der Waals surface area contributed by atoms with Gasteiger partial charge in [0, 0.05) is 12.1 Å². The molecule has 0 bridgehead atoms. The number of thiol groups is 1. The fraction of sp³-hybridized carbons (Fsp3) is 0.176. The number of nitrogens with one attached hydrogen (secondary N) is 1. The van der Waals surface area contributed by atoms with Gasteiger partial charge in [-0.25, -0.2) is 26.9 Å². The fourth-order valence-electron chi connectivity index (χ4n) is 2.57. The Balaban J connectivity index is 1.86. The number of halogens is 2. The van der Waals surface area contributed by atoms with Crippen molar-refractivity contribution in [3.05, 3.63) is 64.2 Å². The quantitative estimate of drug-likeness (QED) is 0.366. The highest BCUT2D eigenvalue weighted by Crippen LogP contribution is 2.23. The lowest BCUT2D eigenvalue weighted by Gasteiger charge is -2.08. The summed E-state index contributed by atoms with van der Waals surface area (Å²) in [6, 6.07) is 7.13. The Hall–Kier alpha value is -2.23. The van der Waals surface area contributed by atoms with Crippen molar-refractivity contribution in [2.24, 2.45) is 0 Å². The van der Waals surface area contributed by atoms with Crippen LogP contribution in [0.1, 0.15) is 27.9 Å². The summed E-state index contributed by atoms with van der Waals surface area (Å²) in [6.07, 6.45) is 0.705. The van der Waals surface area contributed by atoms with Crippen LogP contribution in [0.25, 0.3) is 10.2 Å². The maximum Gasteiger partial charge on any atom is 0.201 e. The van der Waals surface area contributed by atoms with Crippen molar-refractivity contribution >= 4 is 38.2 Å². The lowest BCUT2D eigenvalue weighted by Crippen LogP contribution is -2.13. The topological polar surface area (TPSA) is 76.1 Å². The molecule has 0 aliphatic heterocycles. The van der Waals surface area contributed by atoms with Gasteiger partial charge in [-0.3, -0.25) is 4.79 Å². The predicted octanol–water partition coefficient (Wildman–Crippen LogP) is 2.85. The number of rotatable bonds is 7. The molecule has 0 aliphatic carbocycles. The van der Waals surface area contributed by atoms with E-state index in [4.69, 9.17) is 0 Å². The fourth-order valence-corrected chi connectivity index (χ4v) is 3.63. The van der Waals surface area contributed by atoms with Crippen molar-refractivity contribution < 1.29 is 22.0 Å². The highest BCUT2D eigenvalue weighted by Gasteiger charge is 2.19. The highest BCUT2D eigenvalue weighted by molar-refractivity contribution is 7.70. The molecule has 1 N–H and O–H groups in total. The van der Waals surface area contributed by atoms with E-state index in [1.54, 1.807) is 17.6 Å². The van der Waals surface area contributed by atoms with Crippen molar-refractivity contribution in [2.45, 2.75) is 12.8 Å². The zero-order chi connectivity index (χ0) is 18.7. The molecule has 9 heteroatoms. The first-order valence-corrected chi connectivity index (χ1v) is 9.75. The summed E-state index contributed by atoms with van der Waals surface area (Å²) in [6.45, 7) is 0.184. The number of nitrogens with zero attached hydrogens (tertiary/aromatic N) is 1. The summed E-state index contributed by atoms with van der Waals surface area (Å²) in [4.78, 5) is 16.8. The molecule has 0 radical (unpaired) electrons. The molecule has 0 saturated heterocycles. The second-order valence-corrected chi connectivity index (χ2v) is 7.29. The van der Waals surface area contributed by atoms with Crippen LogP contribution in [0.5, 0.6) is 0 Å². The Morgan fingerprint density at radius 3 is 2.77 bits per heavy atom. The number of aromatic nitrogens is 1. The van der Waals surface area contributed by atoms with Gasteiger partial charge in [0.05, 0.1) is 21.3 Å². The molecule has 2 aromatic carbocycles. The number of aryl methyl sites for hydroxylation is 1. The van der Waals surface area contributed by atoms with Crippen LogP contribution in [-0.2, 0) is 17.3 Å². The standard InChI is InChI=1S/C17H14F2N2O3S2/c18-13-7-10(2-1-5-21-26(23)24)6-12(16(13)19)17(22)11-3-4-14-15(8-11)25-9-20-14/h3-4,6-9,26H,1-2,5H2,(H,21,23,24). The molecule has 3 aromatic rings. The Bertz CT molecular complexity index is 1040. The average Bonchev–Trinajstić information content (AvgIpc) is 3.08. The summed E-state index contributed by atoms with van der Waals surface area (Å²) < 4.78 is 52.0. The van der Waals surface area contributed by atoms with E-state index < -0.39 is 28.3 Å². The summed E-state index contributed by atoms with van der Waals surface area (Å²) >= 11 is 1.35. The number of hydrogen-bond donors (Lipinski definition) is 2. The van der Waals surface area contributed by atoms with Crippen LogP contribution in [0.4, 0.5) is 8.78 Å². The van der Waals surface area contributed by atoms with Gasteiger partial charge in [-0.2, -0.15) is 0 Å². The number of ketones is 1. The van der Waals surface area contributed by atoms with Crippen LogP contribution < -0.4 is 4.72 Å². The van der Waals surface area contributed by atoms with Gasteiger partial charge in [0.2, 0.25) is 10.9 Å². The Morgan fingerprint density at radius 1 is 1.19 bits per heavy atom. The molecule has 0 spiro atoms. The molecular weight excluding hydrogens is 382 g/mol. The van der Waals surface area contributed by atoms with Crippen molar-refractivity contribution in [3.63, 3.8) is 0 Å². The Kier molecular flexibility index (Phi) is 5.70. The van der Waals surface area contributed by atoms with E-state index in [9.17, 15) is 22.0 Å². The molecule has 0 amide bonds. The summed E-state index contributed by atoms with van der Waals surface area (Å²) in [7, 11) is -2.69. The van der Waals surface area contributed by atoms with E-state index in [1.807, 2.05) is 0 Å². The summed E-state index contributed by atoms with van der Waals surface area (Å²) in [5.74, 6) is -2.91. The first-order chi connectivity index (χ1) is 12.5. The van der Waals surface area contributed by atoms with Crippen LogP contribution in [0.15, 0.2) is 35.8 Å². The van der Waals surface area contributed by atoms with E-state index in [0.29, 0.717) is 18.4 Å². The molecule has 5 nitrogen and oxygen atoms in total. The third-order valence-electron chi connectivity index (χ3n) is 3.81. The van der Waals surface area contributed by atoms with Crippen LogP contribution in [0.3, 0.4) is 0 Å². The van der Waals surface area contributed by atoms with Gasteiger partial charge in [-0.1, -0.05) is 0 Å². The number of thiazole rings is 1. The van der Waals surface area contributed by atoms with Gasteiger partial charge in [-0.15, -0.1) is 11.3 Å². The zero-order valence-electron chi connectivity index (χ0n) is 13.4. The predicted molar refractivity (Wildman–Crippen MR) is 96.0 cm³/mol. The number of carbonyl (C=O) groups excluding carboxylic acids is 1. The van der Waals surface area contributed by atoms with Crippen molar-refractivity contribution in [2.75, 3.05) is 6.54 Å². The molecule has 26 heavy (non-hydrogen) atoms. The molecule has 0 unspecified atom stereocenters. The van der Waals surface area contributed by atoms with Gasteiger partial charge in [0.1, 0.15) is 0 Å². The maximum atomic E-state index is 14.2. The van der Waals surface area contributed by atoms with Crippen molar-refractivity contribution in [3.8, 4) is 0 Å². The maximum absolute atomic E-state index is 14.2. The van der Waals surface area contributed by atoms with E-state index >= 15 is 0 Å². The lowest BCUT2D eigenvalue weighted by atomic mass is 9.98. The molecule has 0 aliphatic rings. The van der Waals surface area contributed by atoms with Crippen molar-refractivity contribution in [1.29, 1.82) is 0 Å².